The molecule has 0 spiro atoms. The molecule has 0 bridgehead atoms. The lowest BCUT2D eigenvalue weighted by Gasteiger charge is -2.14. The van der Waals surface area contributed by atoms with E-state index in [0.29, 0.717) is 5.17 Å². The summed E-state index contributed by atoms with van der Waals surface area (Å²) >= 11 is 1.16. The summed E-state index contributed by atoms with van der Waals surface area (Å²) in [7, 11) is -4.87. The molecular weight excluding hydrogens is 374 g/mol. The second kappa shape index (κ2) is 7.27. The highest BCUT2D eigenvalue weighted by Gasteiger charge is 2.28. The number of likely N-dealkylation sites (tertiary alicyclic amines) is 1. The van der Waals surface area contributed by atoms with Crippen molar-refractivity contribution >= 4 is 36.7 Å². The van der Waals surface area contributed by atoms with E-state index in [4.69, 9.17) is 9.79 Å². The van der Waals surface area contributed by atoms with Gasteiger partial charge in [0.25, 0.3) is 5.91 Å². The molecule has 1 saturated heterocycles. The first-order chi connectivity index (χ1) is 11.8. The zero-order chi connectivity index (χ0) is 18.0. The number of nitrogens with zero attached hydrogens (tertiary/aromatic N) is 2. The van der Waals surface area contributed by atoms with Crippen LogP contribution < -0.4 is 4.89 Å². The van der Waals surface area contributed by atoms with Crippen molar-refractivity contribution in [2.45, 2.75) is 12.8 Å². The van der Waals surface area contributed by atoms with E-state index < -0.39 is 19.5 Å². The highest BCUT2D eigenvalue weighted by molar-refractivity contribution is 8.18. The minimum atomic E-state index is -4.87. The number of aliphatic imine (C=N–C) groups is 1. The summed E-state index contributed by atoms with van der Waals surface area (Å²) < 4.78 is 28.2. The lowest BCUT2D eigenvalue weighted by molar-refractivity contribution is -0.122. The first kappa shape index (κ1) is 18.1. The van der Waals surface area contributed by atoms with Crippen molar-refractivity contribution in [1.82, 2.24) is 4.90 Å². The molecule has 1 fully saturated rings. The van der Waals surface area contributed by atoms with E-state index in [9.17, 15) is 13.8 Å². The van der Waals surface area contributed by atoms with Gasteiger partial charge in [-0.3, -0.25) is 4.79 Å². The van der Waals surface area contributed by atoms with Crippen LogP contribution in [-0.4, -0.2) is 38.9 Å². The number of hydrogen-bond acceptors (Lipinski definition) is 6. The van der Waals surface area contributed by atoms with Gasteiger partial charge in [-0.05, 0) is 48.9 Å². The van der Waals surface area contributed by atoms with Gasteiger partial charge in [-0.1, -0.05) is 4.67 Å². The van der Waals surface area contributed by atoms with Crippen molar-refractivity contribution in [1.29, 1.82) is 0 Å². The maximum atomic E-state index is 13.5. The van der Waals surface area contributed by atoms with Crippen molar-refractivity contribution in [2.24, 2.45) is 4.99 Å². The molecule has 2 N–H and O–H groups in total. The normalized spacial score (nSPS) is 19.6. The van der Waals surface area contributed by atoms with Gasteiger partial charge >= 0.3 is 7.82 Å². The predicted octanol–water partition coefficient (Wildman–Crippen LogP) is 2.29. The minimum absolute atomic E-state index is 0.0992. The van der Waals surface area contributed by atoms with E-state index in [-0.39, 0.29) is 16.2 Å². The van der Waals surface area contributed by atoms with Crippen LogP contribution in [0, 0.1) is 5.82 Å². The van der Waals surface area contributed by atoms with Gasteiger partial charge in [0.15, 0.2) is 10.9 Å². The van der Waals surface area contributed by atoms with Gasteiger partial charge in [0, 0.05) is 18.7 Å². The van der Waals surface area contributed by atoms with Crippen molar-refractivity contribution in [2.75, 3.05) is 13.1 Å². The molecule has 0 unspecified atom stereocenters. The van der Waals surface area contributed by atoms with Gasteiger partial charge in [-0.15, -0.1) is 0 Å². The molecule has 2 aliphatic heterocycles. The fraction of sp³-hybridized carbons (Fsp3) is 0.286. The maximum absolute atomic E-state index is 13.5. The Hall–Kier alpha value is -1.71. The number of amidine groups is 1. The largest absolute Gasteiger partial charge is 0.505 e. The zero-order valence-corrected chi connectivity index (χ0v) is 14.5. The third-order valence-corrected chi connectivity index (χ3v) is 4.78. The van der Waals surface area contributed by atoms with Crippen LogP contribution in [0.1, 0.15) is 18.4 Å². The minimum Gasteiger partial charge on any atom is -0.351 e. The summed E-state index contributed by atoms with van der Waals surface area (Å²) in [5.74, 6) is -1.20. The Kier molecular flexibility index (Phi) is 5.26. The predicted molar refractivity (Wildman–Crippen MR) is 89.0 cm³/mol. The van der Waals surface area contributed by atoms with E-state index in [1.165, 1.54) is 6.08 Å². The van der Waals surface area contributed by atoms with E-state index >= 15 is 0 Å². The summed E-state index contributed by atoms with van der Waals surface area (Å²) in [6, 6.07) is 3.24. The number of phosphoric acid groups is 1. The van der Waals surface area contributed by atoms with E-state index in [1.807, 2.05) is 4.90 Å². The lowest BCUT2D eigenvalue weighted by atomic mass is 10.2. The highest BCUT2D eigenvalue weighted by Crippen LogP contribution is 2.38. The maximum Gasteiger partial charge on any atom is 0.505 e. The van der Waals surface area contributed by atoms with Crippen LogP contribution in [0.5, 0.6) is 5.75 Å². The number of hydrogen-bond donors (Lipinski definition) is 2. The monoisotopic (exact) mass is 388 g/mol. The van der Waals surface area contributed by atoms with Crippen LogP contribution in [0.3, 0.4) is 0 Å². The molecular formula is C14H14FN2O6PS. The van der Waals surface area contributed by atoms with Crippen LogP contribution in [0.2, 0.25) is 0 Å². The summed E-state index contributed by atoms with van der Waals surface area (Å²) in [4.78, 5) is 40.3. The summed E-state index contributed by atoms with van der Waals surface area (Å²) in [5, 5.41) is 0.596. The summed E-state index contributed by atoms with van der Waals surface area (Å²) in [6.07, 6.45) is 3.42. The Bertz CT molecular complexity index is 803. The molecule has 0 atom stereocenters. The van der Waals surface area contributed by atoms with Gasteiger partial charge in [-0.2, -0.15) is 4.99 Å². The average Bonchev–Trinajstić information content (AvgIpc) is 3.16. The number of thioether (sulfide) groups is 1. The second-order valence-electron chi connectivity index (χ2n) is 5.33. The van der Waals surface area contributed by atoms with Crippen LogP contribution in [0.4, 0.5) is 4.39 Å². The highest BCUT2D eigenvalue weighted by atomic mass is 32.2. The lowest BCUT2D eigenvalue weighted by Crippen LogP contribution is -2.23. The molecule has 1 aromatic carbocycles. The first-order valence-corrected chi connectivity index (χ1v) is 9.65. The van der Waals surface area contributed by atoms with Crippen molar-refractivity contribution in [3.05, 3.63) is 34.5 Å². The van der Waals surface area contributed by atoms with Gasteiger partial charge in [0.05, 0.1) is 4.91 Å². The standard InChI is InChI=1S/C14H14FN2O6PS/c15-10-3-4-11(22-23-24(19,20)21)9(7-10)8-12-13(18)16-14(25-12)17-5-1-2-6-17/h3-4,7-8H,1-2,5-6H2,(H2,19,20,21). The molecule has 1 amide bonds. The molecule has 2 heterocycles. The number of carbonyl (C=O) groups excluding carboxylic acids is 1. The molecule has 134 valence electrons. The van der Waals surface area contributed by atoms with Crippen LogP contribution in [-0.2, 0) is 14.0 Å². The zero-order valence-electron chi connectivity index (χ0n) is 12.8. The average molecular weight is 388 g/mol. The molecule has 0 saturated carbocycles. The number of carbonyl (C=O) groups is 1. The Morgan fingerprint density at radius 3 is 2.72 bits per heavy atom. The van der Waals surface area contributed by atoms with Gasteiger partial charge in [-0.25, -0.2) is 8.96 Å². The summed E-state index contributed by atoms with van der Waals surface area (Å²) in [6.45, 7) is 1.66. The van der Waals surface area contributed by atoms with Gasteiger partial charge in [0.2, 0.25) is 0 Å². The Morgan fingerprint density at radius 1 is 1.32 bits per heavy atom. The SMILES string of the molecule is O=C1N=C(N2CCCC2)SC1=Cc1cc(F)ccc1OOP(=O)(O)O. The van der Waals surface area contributed by atoms with Crippen LogP contribution >= 0.6 is 19.6 Å². The fourth-order valence-corrected chi connectivity index (χ4v) is 3.51. The molecule has 0 aliphatic carbocycles. The van der Waals surface area contributed by atoms with E-state index in [2.05, 4.69) is 14.6 Å². The van der Waals surface area contributed by atoms with Crippen molar-refractivity contribution < 1.29 is 33.1 Å². The Balaban J connectivity index is 1.82. The second-order valence-corrected chi connectivity index (χ2v) is 7.47. The quantitative estimate of drug-likeness (QED) is 0.350. The van der Waals surface area contributed by atoms with Crippen molar-refractivity contribution in [3.63, 3.8) is 0 Å². The molecule has 2 aliphatic rings. The summed E-state index contributed by atoms with van der Waals surface area (Å²) in [5.41, 5.74) is 0.0992. The first-order valence-electron chi connectivity index (χ1n) is 7.31. The van der Waals surface area contributed by atoms with E-state index in [1.54, 1.807) is 0 Å². The van der Waals surface area contributed by atoms with Crippen LogP contribution in [0.15, 0.2) is 28.1 Å². The topological polar surface area (TPSA) is 109 Å². The number of rotatable bonds is 4. The number of halogens is 1. The Labute approximate surface area is 146 Å². The third kappa shape index (κ3) is 4.68. The number of benzene rings is 1. The molecule has 25 heavy (non-hydrogen) atoms. The van der Waals surface area contributed by atoms with Gasteiger partial charge < -0.3 is 19.6 Å². The molecule has 11 heteroatoms. The van der Waals surface area contributed by atoms with Crippen molar-refractivity contribution in [3.8, 4) is 5.75 Å². The Morgan fingerprint density at radius 2 is 2.04 bits per heavy atom. The van der Waals surface area contributed by atoms with Gasteiger partial charge in [0.1, 0.15) is 5.82 Å². The molecule has 3 rings (SSSR count). The third-order valence-electron chi connectivity index (χ3n) is 3.47. The molecule has 1 aromatic rings. The number of amides is 1. The molecule has 8 nitrogen and oxygen atoms in total. The molecule has 0 radical (unpaired) electrons. The van der Waals surface area contributed by atoms with E-state index in [0.717, 1.165) is 55.9 Å². The molecule has 0 aromatic heterocycles. The van der Waals surface area contributed by atoms with Crippen LogP contribution in [0.25, 0.3) is 6.08 Å². The fourth-order valence-electron chi connectivity index (χ4n) is 2.38. The smallest absolute Gasteiger partial charge is 0.351 e.